The lowest BCUT2D eigenvalue weighted by Gasteiger charge is -1.95. The van der Waals surface area contributed by atoms with Gasteiger partial charge in [0.05, 0.1) is 5.69 Å². The van der Waals surface area contributed by atoms with E-state index in [1.807, 2.05) is 13.8 Å². The summed E-state index contributed by atoms with van der Waals surface area (Å²) in [7, 11) is 0. The molecule has 1 aromatic rings. The molecule has 2 N–H and O–H groups in total. The van der Waals surface area contributed by atoms with Crippen LogP contribution in [0.2, 0.25) is 0 Å². The normalized spacial score (nSPS) is 9.64. The van der Waals surface area contributed by atoms with Crippen LogP contribution in [0.4, 0.5) is 9.80 Å². The first-order valence-electron chi connectivity index (χ1n) is 3.04. The quantitative estimate of drug-likeness (QED) is 0.679. The molecular weight excluding hydrogens is 164 g/mol. The number of amides is 1. The maximum Gasteiger partial charge on any atom is 0.409 e. The lowest BCUT2D eigenvalue weighted by molar-refractivity contribution is 0.210. The Morgan fingerprint density at radius 1 is 1.64 bits per heavy atom. The van der Waals surface area contributed by atoms with Gasteiger partial charge in [-0.15, -0.1) is 0 Å². The standard InChI is InChI=1S/C6H8N2O2S/c1-3-4(2)8-11-5(3)7-6(9)10/h7H,1-2H3,(H,9,10). The van der Waals surface area contributed by atoms with E-state index in [4.69, 9.17) is 5.11 Å². The average Bonchev–Trinajstić information content (AvgIpc) is 2.18. The molecule has 60 valence electrons. The first-order valence-corrected chi connectivity index (χ1v) is 3.81. The Morgan fingerprint density at radius 2 is 2.27 bits per heavy atom. The van der Waals surface area contributed by atoms with Crippen LogP contribution in [0, 0.1) is 13.8 Å². The SMILES string of the molecule is Cc1nsc(NC(=O)O)c1C. The topological polar surface area (TPSA) is 62.2 Å². The lowest BCUT2D eigenvalue weighted by atomic mass is 10.3. The van der Waals surface area contributed by atoms with Crippen molar-refractivity contribution in [3.63, 3.8) is 0 Å². The Morgan fingerprint density at radius 3 is 2.64 bits per heavy atom. The summed E-state index contributed by atoms with van der Waals surface area (Å²) in [5.74, 6) is 0. The number of carbonyl (C=O) groups is 1. The number of carboxylic acid groups (broad SMARTS) is 1. The highest BCUT2D eigenvalue weighted by atomic mass is 32.1. The van der Waals surface area contributed by atoms with Gasteiger partial charge in [-0.2, -0.15) is 4.37 Å². The molecule has 0 saturated heterocycles. The third-order valence-electron chi connectivity index (χ3n) is 1.38. The number of nitrogens with one attached hydrogen (secondary N) is 1. The second-order valence-corrected chi connectivity index (χ2v) is 2.93. The zero-order chi connectivity index (χ0) is 8.43. The fourth-order valence-electron chi connectivity index (χ4n) is 0.629. The maximum absolute atomic E-state index is 10.2. The summed E-state index contributed by atoms with van der Waals surface area (Å²) >= 11 is 1.16. The second kappa shape index (κ2) is 2.87. The Balaban J connectivity index is 2.87. The average molecular weight is 172 g/mol. The van der Waals surface area contributed by atoms with Crippen LogP contribution < -0.4 is 5.32 Å². The number of hydrogen-bond donors (Lipinski definition) is 2. The van der Waals surface area contributed by atoms with Crippen LogP contribution in [-0.4, -0.2) is 15.6 Å². The first-order chi connectivity index (χ1) is 5.11. The molecule has 1 heterocycles. The lowest BCUT2D eigenvalue weighted by Crippen LogP contribution is -2.06. The van der Waals surface area contributed by atoms with Gasteiger partial charge in [0.25, 0.3) is 0 Å². The van der Waals surface area contributed by atoms with Gasteiger partial charge in [0.15, 0.2) is 0 Å². The zero-order valence-corrected chi connectivity index (χ0v) is 7.03. The van der Waals surface area contributed by atoms with Crippen molar-refractivity contribution in [3.05, 3.63) is 11.3 Å². The fourth-order valence-corrected chi connectivity index (χ4v) is 1.41. The van der Waals surface area contributed by atoms with Gasteiger partial charge < -0.3 is 5.11 Å². The summed E-state index contributed by atoms with van der Waals surface area (Å²) in [4.78, 5) is 10.2. The van der Waals surface area contributed by atoms with Gasteiger partial charge >= 0.3 is 6.09 Å². The van der Waals surface area contributed by atoms with Crippen molar-refractivity contribution in [1.29, 1.82) is 0 Å². The summed E-state index contributed by atoms with van der Waals surface area (Å²) in [5.41, 5.74) is 1.77. The van der Waals surface area contributed by atoms with Crippen LogP contribution in [0.1, 0.15) is 11.3 Å². The Kier molecular flexibility index (Phi) is 2.09. The molecule has 11 heavy (non-hydrogen) atoms. The largest absolute Gasteiger partial charge is 0.465 e. The van der Waals surface area contributed by atoms with Crippen LogP contribution in [-0.2, 0) is 0 Å². The van der Waals surface area contributed by atoms with Crippen LogP contribution in [0.25, 0.3) is 0 Å². The van der Waals surface area contributed by atoms with E-state index in [1.54, 1.807) is 0 Å². The van der Waals surface area contributed by atoms with Crippen molar-refractivity contribution in [3.8, 4) is 0 Å². The molecule has 0 aromatic carbocycles. The molecule has 0 saturated carbocycles. The van der Waals surface area contributed by atoms with Gasteiger partial charge in [0, 0.05) is 5.56 Å². The molecule has 0 unspecified atom stereocenters. The number of rotatable bonds is 1. The predicted octanol–water partition coefficient (Wildman–Crippen LogP) is 1.85. The number of anilines is 1. The molecule has 0 aliphatic heterocycles. The van der Waals surface area contributed by atoms with Crippen molar-refractivity contribution in [1.82, 2.24) is 4.37 Å². The third-order valence-corrected chi connectivity index (χ3v) is 2.33. The van der Waals surface area contributed by atoms with E-state index >= 15 is 0 Å². The molecule has 0 fully saturated rings. The minimum Gasteiger partial charge on any atom is -0.465 e. The number of aryl methyl sites for hydroxylation is 1. The van der Waals surface area contributed by atoms with Crippen LogP contribution in [0.15, 0.2) is 0 Å². The molecular formula is C6H8N2O2S. The van der Waals surface area contributed by atoms with Gasteiger partial charge in [-0.25, -0.2) is 4.79 Å². The van der Waals surface area contributed by atoms with Gasteiger partial charge in [-0.3, -0.25) is 5.32 Å². The highest BCUT2D eigenvalue weighted by molar-refractivity contribution is 7.10. The molecule has 4 nitrogen and oxygen atoms in total. The highest BCUT2D eigenvalue weighted by Crippen LogP contribution is 2.22. The minimum atomic E-state index is -1.04. The molecule has 1 rings (SSSR count). The molecule has 1 aromatic heterocycles. The summed E-state index contributed by atoms with van der Waals surface area (Å²) in [5, 5.41) is 11.2. The van der Waals surface area contributed by atoms with Crippen molar-refractivity contribution in [2.45, 2.75) is 13.8 Å². The molecule has 0 aliphatic rings. The Hall–Kier alpha value is -1.10. The van der Waals surface area contributed by atoms with Gasteiger partial charge in [-0.05, 0) is 25.4 Å². The van der Waals surface area contributed by atoms with Crippen molar-refractivity contribution >= 4 is 22.6 Å². The summed E-state index contributed by atoms with van der Waals surface area (Å²) < 4.78 is 3.99. The van der Waals surface area contributed by atoms with Gasteiger partial charge in [0.1, 0.15) is 5.00 Å². The van der Waals surface area contributed by atoms with E-state index in [0.717, 1.165) is 22.8 Å². The molecule has 1 amide bonds. The van der Waals surface area contributed by atoms with Gasteiger partial charge in [0.2, 0.25) is 0 Å². The number of aromatic nitrogens is 1. The number of nitrogens with zero attached hydrogens (tertiary/aromatic N) is 1. The van der Waals surface area contributed by atoms with Crippen LogP contribution in [0.5, 0.6) is 0 Å². The molecule has 0 atom stereocenters. The Labute approximate surface area is 68.0 Å². The van der Waals surface area contributed by atoms with E-state index in [0.29, 0.717) is 5.00 Å². The van der Waals surface area contributed by atoms with Crippen LogP contribution >= 0.6 is 11.5 Å². The first kappa shape index (κ1) is 8.00. The van der Waals surface area contributed by atoms with E-state index in [-0.39, 0.29) is 0 Å². The van der Waals surface area contributed by atoms with Crippen molar-refractivity contribution < 1.29 is 9.90 Å². The van der Waals surface area contributed by atoms with E-state index in [1.165, 1.54) is 0 Å². The van der Waals surface area contributed by atoms with Crippen LogP contribution in [0.3, 0.4) is 0 Å². The molecule has 5 heteroatoms. The fraction of sp³-hybridized carbons (Fsp3) is 0.333. The highest BCUT2D eigenvalue weighted by Gasteiger charge is 2.07. The van der Waals surface area contributed by atoms with Gasteiger partial charge in [-0.1, -0.05) is 0 Å². The van der Waals surface area contributed by atoms with E-state index < -0.39 is 6.09 Å². The maximum atomic E-state index is 10.2. The Bertz CT molecular complexity index is 282. The smallest absolute Gasteiger partial charge is 0.409 e. The molecule has 0 spiro atoms. The zero-order valence-electron chi connectivity index (χ0n) is 6.21. The minimum absolute atomic E-state index is 0.606. The monoisotopic (exact) mass is 172 g/mol. The van der Waals surface area contributed by atoms with Crippen molar-refractivity contribution in [2.75, 3.05) is 5.32 Å². The summed E-state index contributed by atoms with van der Waals surface area (Å²) in [6.07, 6.45) is -1.04. The summed E-state index contributed by atoms with van der Waals surface area (Å²) in [6.45, 7) is 3.68. The van der Waals surface area contributed by atoms with E-state index in [2.05, 4.69) is 9.69 Å². The third kappa shape index (κ3) is 1.68. The number of hydrogen-bond acceptors (Lipinski definition) is 3. The predicted molar refractivity (Wildman–Crippen MR) is 43.2 cm³/mol. The van der Waals surface area contributed by atoms with E-state index in [9.17, 15) is 4.79 Å². The summed E-state index contributed by atoms with van der Waals surface area (Å²) in [6, 6.07) is 0. The second-order valence-electron chi connectivity index (χ2n) is 2.15. The molecule has 0 aliphatic carbocycles. The molecule has 0 bridgehead atoms. The molecule has 0 radical (unpaired) electrons. The van der Waals surface area contributed by atoms with Crippen molar-refractivity contribution in [2.24, 2.45) is 0 Å².